The van der Waals surface area contributed by atoms with Crippen molar-refractivity contribution in [2.24, 2.45) is 0 Å². The van der Waals surface area contributed by atoms with Crippen molar-refractivity contribution in [3.05, 3.63) is 89.5 Å². The summed E-state index contributed by atoms with van der Waals surface area (Å²) in [6.45, 7) is -0.697. The number of halogens is 2. The summed E-state index contributed by atoms with van der Waals surface area (Å²) in [5, 5.41) is 2.68. The molecule has 0 saturated heterocycles. The van der Waals surface area contributed by atoms with Gasteiger partial charge in [-0.2, -0.15) is 0 Å². The van der Waals surface area contributed by atoms with Crippen LogP contribution in [0.2, 0.25) is 0 Å². The lowest BCUT2D eigenvalue weighted by atomic mass is 10.1. The second-order valence-corrected chi connectivity index (χ2v) is 7.52. The molecular weight excluding hydrogens is 446 g/mol. The summed E-state index contributed by atoms with van der Waals surface area (Å²) in [6.07, 6.45) is 0. The van der Waals surface area contributed by atoms with Crippen molar-refractivity contribution in [3.8, 4) is 11.5 Å². The van der Waals surface area contributed by atoms with Crippen LogP contribution in [0.25, 0.3) is 0 Å². The largest absolute Gasteiger partial charge is 0.485 e. The molecule has 1 aliphatic heterocycles. The number of amides is 2. The molecule has 0 radical (unpaired) electrons. The quantitative estimate of drug-likeness (QED) is 0.515. The minimum atomic E-state index is -0.484. The summed E-state index contributed by atoms with van der Waals surface area (Å²) >= 11 is 0. The van der Waals surface area contributed by atoms with Crippen molar-refractivity contribution in [2.75, 3.05) is 24.7 Å². The molecule has 4 rings (SSSR count). The van der Waals surface area contributed by atoms with Crippen LogP contribution in [0, 0.1) is 11.6 Å². The lowest BCUT2D eigenvalue weighted by molar-refractivity contribution is -0.125. The van der Waals surface area contributed by atoms with E-state index in [0.29, 0.717) is 11.3 Å². The highest BCUT2D eigenvalue weighted by molar-refractivity contribution is 6.04. The Morgan fingerprint density at radius 1 is 1.00 bits per heavy atom. The third-order valence-electron chi connectivity index (χ3n) is 5.09. The van der Waals surface area contributed by atoms with E-state index in [1.165, 1.54) is 53.4 Å². The van der Waals surface area contributed by atoms with E-state index in [4.69, 9.17) is 9.47 Å². The first kappa shape index (κ1) is 22.9. The van der Waals surface area contributed by atoms with Gasteiger partial charge in [0.25, 0.3) is 5.91 Å². The fraction of sp³-hybridized carbons (Fsp3) is 0.160. The minimum absolute atomic E-state index is 0.167. The number of carbonyl (C=O) groups excluding carboxylic acids is 3. The summed E-state index contributed by atoms with van der Waals surface area (Å²) < 4.78 is 37.1. The third kappa shape index (κ3) is 5.55. The van der Waals surface area contributed by atoms with Crippen LogP contribution in [0.1, 0.15) is 15.9 Å². The lowest BCUT2D eigenvalue weighted by Gasteiger charge is -2.29. The van der Waals surface area contributed by atoms with Crippen molar-refractivity contribution in [3.63, 3.8) is 0 Å². The van der Waals surface area contributed by atoms with Gasteiger partial charge in [-0.05, 0) is 48.0 Å². The molecule has 0 aromatic heterocycles. The molecule has 0 aliphatic carbocycles. The highest BCUT2D eigenvalue weighted by atomic mass is 19.1. The Bertz CT molecular complexity index is 1230. The van der Waals surface area contributed by atoms with Crippen LogP contribution in [0.15, 0.2) is 66.7 Å². The second kappa shape index (κ2) is 10.1. The van der Waals surface area contributed by atoms with Crippen LogP contribution in [0.5, 0.6) is 11.5 Å². The molecule has 0 spiro atoms. The number of carbonyl (C=O) groups is 3. The zero-order valence-electron chi connectivity index (χ0n) is 17.9. The van der Waals surface area contributed by atoms with Crippen LogP contribution in [0.3, 0.4) is 0 Å². The molecule has 2 amide bonds. The monoisotopic (exact) mass is 466 g/mol. The normalized spacial score (nSPS) is 12.5. The number of Topliss-reactive ketones (excluding diaryl/α,β-unsaturated/α-hetero) is 1. The van der Waals surface area contributed by atoms with Crippen LogP contribution in [-0.4, -0.2) is 37.4 Å². The van der Waals surface area contributed by atoms with Gasteiger partial charge in [-0.25, -0.2) is 8.78 Å². The summed E-state index contributed by atoms with van der Waals surface area (Å²) in [7, 11) is 0. The van der Waals surface area contributed by atoms with Gasteiger partial charge in [-0.3, -0.25) is 19.3 Å². The maximum absolute atomic E-state index is 13.3. The predicted octanol–water partition coefficient (Wildman–Crippen LogP) is 3.27. The highest BCUT2D eigenvalue weighted by Gasteiger charge is 2.28. The van der Waals surface area contributed by atoms with E-state index in [-0.39, 0.29) is 49.1 Å². The van der Waals surface area contributed by atoms with Gasteiger partial charge in [0, 0.05) is 18.2 Å². The molecule has 1 aliphatic rings. The van der Waals surface area contributed by atoms with E-state index in [9.17, 15) is 23.2 Å². The highest BCUT2D eigenvalue weighted by Crippen LogP contribution is 2.33. The molecule has 0 bridgehead atoms. The van der Waals surface area contributed by atoms with Gasteiger partial charge in [-0.1, -0.05) is 18.2 Å². The molecule has 0 atom stereocenters. The number of nitrogens with zero attached hydrogens (tertiary/aromatic N) is 1. The molecule has 3 aromatic rings. The molecule has 0 unspecified atom stereocenters. The fourth-order valence-corrected chi connectivity index (χ4v) is 3.34. The molecular formula is C25H20F2N2O5. The summed E-state index contributed by atoms with van der Waals surface area (Å²) in [5.41, 5.74) is 1.23. The van der Waals surface area contributed by atoms with Crippen molar-refractivity contribution in [1.29, 1.82) is 0 Å². The Labute approximate surface area is 193 Å². The number of hydrogen-bond donors (Lipinski definition) is 1. The average Bonchev–Trinajstić information content (AvgIpc) is 2.83. The standard InChI is InChI=1S/C25H20F2N2O5/c26-18-7-4-16(5-8-18)12-28-24(31)13-29-21-10-17(6-9-23(21)34-15-25(29)32)22(30)14-33-20-3-1-2-19(27)11-20/h1-11H,12-15H2,(H,28,31). The summed E-state index contributed by atoms with van der Waals surface area (Å²) in [4.78, 5) is 38.8. The van der Waals surface area contributed by atoms with Gasteiger partial charge in [0.05, 0.1) is 5.69 Å². The first-order chi connectivity index (χ1) is 16.4. The predicted molar refractivity (Wildman–Crippen MR) is 119 cm³/mol. The second-order valence-electron chi connectivity index (χ2n) is 7.52. The van der Waals surface area contributed by atoms with Crippen molar-refractivity contribution < 1.29 is 32.6 Å². The zero-order valence-corrected chi connectivity index (χ0v) is 17.9. The van der Waals surface area contributed by atoms with Crippen LogP contribution in [0.4, 0.5) is 14.5 Å². The lowest BCUT2D eigenvalue weighted by Crippen LogP contribution is -2.45. The van der Waals surface area contributed by atoms with Crippen LogP contribution in [-0.2, 0) is 16.1 Å². The Hall–Kier alpha value is -4.27. The van der Waals surface area contributed by atoms with Crippen molar-refractivity contribution >= 4 is 23.3 Å². The Balaban J connectivity index is 1.43. The maximum Gasteiger partial charge on any atom is 0.265 e. The maximum atomic E-state index is 13.3. The zero-order chi connectivity index (χ0) is 24.1. The fourth-order valence-electron chi connectivity index (χ4n) is 3.34. The minimum Gasteiger partial charge on any atom is -0.485 e. The molecule has 34 heavy (non-hydrogen) atoms. The van der Waals surface area contributed by atoms with Gasteiger partial charge in [0.1, 0.15) is 29.7 Å². The van der Waals surface area contributed by atoms with E-state index in [2.05, 4.69) is 5.32 Å². The number of rotatable bonds is 8. The number of ketones is 1. The average molecular weight is 466 g/mol. The summed E-state index contributed by atoms with van der Waals surface area (Å²) in [5.74, 6) is -1.56. The molecule has 174 valence electrons. The molecule has 0 fully saturated rings. The topological polar surface area (TPSA) is 84.9 Å². The van der Waals surface area contributed by atoms with E-state index >= 15 is 0 Å². The third-order valence-corrected chi connectivity index (χ3v) is 5.09. The van der Waals surface area contributed by atoms with Gasteiger partial charge in [0.2, 0.25) is 5.91 Å². The molecule has 1 heterocycles. The van der Waals surface area contributed by atoms with Gasteiger partial charge >= 0.3 is 0 Å². The smallest absolute Gasteiger partial charge is 0.265 e. The molecule has 9 heteroatoms. The number of anilines is 1. The van der Waals surface area contributed by atoms with Gasteiger partial charge < -0.3 is 14.8 Å². The number of nitrogens with one attached hydrogen (secondary N) is 1. The molecule has 3 aromatic carbocycles. The number of fused-ring (bicyclic) bond motifs is 1. The summed E-state index contributed by atoms with van der Waals surface area (Å²) in [6, 6.07) is 15.6. The Kier molecular flexibility index (Phi) is 6.82. The molecule has 7 nitrogen and oxygen atoms in total. The SMILES string of the molecule is O=C(CN1C(=O)COc2ccc(C(=O)COc3cccc(F)c3)cc21)NCc1ccc(F)cc1. The number of hydrogen-bond acceptors (Lipinski definition) is 5. The van der Waals surface area contributed by atoms with Crippen LogP contribution >= 0.6 is 0 Å². The van der Waals surface area contributed by atoms with Gasteiger partial charge in [0.15, 0.2) is 19.0 Å². The van der Waals surface area contributed by atoms with Crippen LogP contribution < -0.4 is 19.7 Å². The van der Waals surface area contributed by atoms with E-state index in [1.54, 1.807) is 18.2 Å². The first-order valence-electron chi connectivity index (χ1n) is 10.4. The first-order valence-corrected chi connectivity index (χ1v) is 10.4. The van der Waals surface area contributed by atoms with E-state index in [0.717, 1.165) is 0 Å². The van der Waals surface area contributed by atoms with Crippen molar-refractivity contribution in [2.45, 2.75) is 6.54 Å². The van der Waals surface area contributed by atoms with Crippen molar-refractivity contribution in [1.82, 2.24) is 5.32 Å². The van der Waals surface area contributed by atoms with E-state index in [1.807, 2.05) is 0 Å². The number of ether oxygens (including phenoxy) is 2. The Morgan fingerprint density at radius 2 is 1.79 bits per heavy atom. The molecule has 0 saturated carbocycles. The van der Waals surface area contributed by atoms with Gasteiger partial charge in [-0.15, -0.1) is 0 Å². The Morgan fingerprint density at radius 3 is 2.56 bits per heavy atom. The number of benzene rings is 3. The molecule has 1 N–H and O–H groups in total. The van der Waals surface area contributed by atoms with E-state index < -0.39 is 23.4 Å².